The van der Waals surface area contributed by atoms with Crippen molar-refractivity contribution >= 4 is 18.3 Å². The number of nitrogens with one attached hydrogen (secondary N) is 1. The topological polar surface area (TPSA) is 130 Å². The van der Waals surface area contributed by atoms with Gasteiger partial charge in [-0.25, -0.2) is 0 Å². The molecule has 0 aromatic rings. The largest absolute Gasteiger partial charge is 0.480 e. The van der Waals surface area contributed by atoms with Crippen LogP contribution in [0.2, 0.25) is 0 Å². The molecule has 1 unspecified atom stereocenters. The third-order valence-corrected chi connectivity index (χ3v) is 1.69. The summed E-state index contributed by atoms with van der Waals surface area (Å²) < 4.78 is 0. The fraction of sp³-hybridized carbons (Fsp3) is 0.667. The lowest BCUT2D eigenvalue weighted by Gasteiger charge is -2.07. The quantitative estimate of drug-likeness (QED) is 0.463. The fourth-order valence-electron chi connectivity index (χ4n) is 0.459. The fourth-order valence-corrected chi connectivity index (χ4v) is 0.459. The molecule has 0 heterocycles. The van der Waals surface area contributed by atoms with E-state index in [1.165, 1.54) is 6.92 Å². The number of amides is 1. The summed E-state index contributed by atoms with van der Waals surface area (Å²) in [5.41, 5.74) is 5.16. The highest BCUT2D eigenvalue weighted by atomic mass is 16.4. The number of carbonyl (C=O) groups excluding carboxylic acids is 1. The summed E-state index contributed by atoms with van der Waals surface area (Å²) >= 11 is 0. The van der Waals surface area contributed by atoms with E-state index in [9.17, 15) is 14.4 Å². The molecule has 7 nitrogen and oxygen atoms in total. The molecule has 5 N–H and O–H groups in total. The molecule has 2 atom stereocenters. The zero-order chi connectivity index (χ0) is 13.3. The summed E-state index contributed by atoms with van der Waals surface area (Å²) in [5.74, 6) is -1.94. The Balaban J connectivity index is 0. The number of nitrogens with two attached hydrogens (primary N) is 1. The van der Waals surface area contributed by atoms with E-state index in [-0.39, 0.29) is 5.92 Å². The third-order valence-electron chi connectivity index (χ3n) is 1.69. The van der Waals surface area contributed by atoms with Gasteiger partial charge in [-0.2, -0.15) is 0 Å². The van der Waals surface area contributed by atoms with Gasteiger partial charge in [0.05, 0.1) is 0 Å². The van der Waals surface area contributed by atoms with E-state index in [0.717, 1.165) is 0 Å². The van der Waals surface area contributed by atoms with Crippen LogP contribution in [0.3, 0.4) is 0 Å². The molecule has 0 aliphatic heterocycles. The molecule has 0 rings (SSSR count). The van der Waals surface area contributed by atoms with Crippen molar-refractivity contribution in [3.8, 4) is 0 Å². The van der Waals surface area contributed by atoms with Gasteiger partial charge in [0.2, 0.25) is 6.41 Å². The molecule has 16 heavy (non-hydrogen) atoms. The van der Waals surface area contributed by atoms with Crippen LogP contribution < -0.4 is 11.1 Å². The zero-order valence-corrected chi connectivity index (χ0v) is 9.51. The average Bonchev–Trinajstić information content (AvgIpc) is 2.17. The Morgan fingerprint density at radius 2 is 1.62 bits per heavy atom. The highest BCUT2D eigenvalue weighted by Gasteiger charge is 2.14. The van der Waals surface area contributed by atoms with Crippen LogP contribution in [0.5, 0.6) is 0 Å². The van der Waals surface area contributed by atoms with Gasteiger partial charge >= 0.3 is 11.9 Å². The minimum absolute atomic E-state index is 0.0208. The van der Waals surface area contributed by atoms with E-state index >= 15 is 0 Å². The molecule has 1 amide bonds. The number of hydrogen-bond donors (Lipinski definition) is 4. The SMILES string of the molecule is CC(C)[C@H](N)C(=O)O.CC(NC=O)C(=O)O. The van der Waals surface area contributed by atoms with Crippen LogP contribution >= 0.6 is 0 Å². The number of hydrogen-bond acceptors (Lipinski definition) is 4. The van der Waals surface area contributed by atoms with Gasteiger partial charge in [-0.3, -0.25) is 14.4 Å². The second-order valence-corrected chi connectivity index (χ2v) is 3.45. The van der Waals surface area contributed by atoms with E-state index in [0.29, 0.717) is 6.41 Å². The third kappa shape index (κ3) is 8.95. The van der Waals surface area contributed by atoms with Gasteiger partial charge in [0.15, 0.2) is 0 Å². The lowest BCUT2D eigenvalue weighted by Crippen LogP contribution is -2.34. The first kappa shape index (κ1) is 16.8. The lowest BCUT2D eigenvalue weighted by atomic mass is 10.1. The van der Waals surface area contributed by atoms with E-state index in [1.807, 2.05) is 0 Å². The first-order valence-corrected chi connectivity index (χ1v) is 4.64. The van der Waals surface area contributed by atoms with Crippen LogP contribution in [0.1, 0.15) is 20.8 Å². The van der Waals surface area contributed by atoms with Crippen molar-refractivity contribution in [2.45, 2.75) is 32.9 Å². The smallest absolute Gasteiger partial charge is 0.325 e. The van der Waals surface area contributed by atoms with E-state index in [2.05, 4.69) is 5.32 Å². The maximum atomic E-state index is 10.0. The van der Waals surface area contributed by atoms with Gasteiger partial charge in [-0.05, 0) is 12.8 Å². The monoisotopic (exact) mass is 234 g/mol. The summed E-state index contributed by atoms with van der Waals surface area (Å²) in [7, 11) is 0. The summed E-state index contributed by atoms with van der Waals surface area (Å²) in [6, 6.07) is -1.50. The average molecular weight is 234 g/mol. The molecule has 0 radical (unpaired) electrons. The van der Waals surface area contributed by atoms with Gasteiger partial charge in [0.25, 0.3) is 0 Å². The number of carbonyl (C=O) groups is 3. The van der Waals surface area contributed by atoms with Crippen LogP contribution in [-0.2, 0) is 14.4 Å². The van der Waals surface area contributed by atoms with Crippen molar-refractivity contribution in [1.29, 1.82) is 0 Å². The summed E-state index contributed by atoms with van der Waals surface area (Å²) in [6.45, 7) is 4.94. The molecule has 94 valence electrons. The van der Waals surface area contributed by atoms with Gasteiger partial charge in [0.1, 0.15) is 12.1 Å². The Bertz CT molecular complexity index is 242. The number of carboxylic acid groups (broad SMARTS) is 2. The highest BCUT2D eigenvalue weighted by Crippen LogP contribution is 1.96. The van der Waals surface area contributed by atoms with Crippen LogP contribution in [0.25, 0.3) is 0 Å². The van der Waals surface area contributed by atoms with Crippen molar-refractivity contribution in [3.05, 3.63) is 0 Å². The van der Waals surface area contributed by atoms with Crippen molar-refractivity contribution in [2.75, 3.05) is 0 Å². The van der Waals surface area contributed by atoms with Crippen LogP contribution in [0.4, 0.5) is 0 Å². The molecule has 0 aliphatic carbocycles. The molecular formula is C9H18N2O5. The zero-order valence-electron chi connectivity index (χ0n) is 9.51. The Labute approximate surface area is 93.6 Å². The molecule has 0 aliphatic rings. The van der Waals surface area contributed by atoms with Crippen LogP contribution in [0.15, 0.2) is 0 Å². The Morgan fingerprint density at radius 3 is 1.69 bits per heavy atom. The highest BCUT2D eigenvalue weighted by molar-refractivity contribution is 5.75. The van der Waals surface area contributed by atoms with E-state index < -0.39 is 24.0 Å². The minimum atomic E-state index is -1.03. The lowest BCUT2D eigenvalue weighted by molar-refractivity contribution is -0.140. The first-order chi connectivity index (χ1) is 7.23. The molecule has 0 aromatic carbocycles. The van der Waals surface area contributed by atoms with Crippen molar-refractivity contribution in [2.24, 2.45) is 11.7 Å². The molecule has 0 spiro atoms. The number of aliphatic carboxylic acids is 2. The number of rotatable bonds is 5. The van der Waals surface area contributed by atoms with Gasteiger partial charge in [-0.1, -0.05) is 13.8 Å². The Hall–Kier alpha value is -1.63. The minimum Gasteiger partial charge on any atom is -0.480 e. The summed E-state index contributed by atoms with van der Waals surface area (Å²) in [6.07, 6.45) is 0.360. The molecular weight excluding hydrogens is 216 g/mol. The second-order valence-electron chi connectivity index (χ2n) is 3.45. The molecule has 0 saturated carbocycles. The van der Waals surface area contributed by atoms with Gasteiger partial charge < -0.3 is 21.3 Å². The number of carboxylic acids is 2. The second kappa shape index (κ2) is 8.66. The molecule has 7 heteroatoms. The molecule has 0 fully saturated rings. The Morgan fingerprint density at radius 1 is 1.19 bits per heavy atom. The van der Waals surface area contributed by atoms with Crippen molar-refractivity contribution in [3.63, 3.8) is 0 Å². The summed E-state index contributed by atoms with van der Waals surface area (Å²) in [5, 5.41) is 18.4. The standard InChI is InChI=1S/C5H11NO2.C4H7NO3/c1-3(2)4(6)5(7)8;1-3(4(7)8)5-2-6/h3-4H,6H2,1-2H3,(H,7,8);2-3H,1H3,(H,5,6)(H,7,8)/t4-;/m0./s1. The molecule has 0 saturated heterocycles. The van der Waals surface area contributed by atoms with Crippen LogP contribution in [-0.4, -0.2) is 40.6 Å². The van der Waals surface area contributed by atoms with Crippen LogP contribution in [0, 0.1) is 5.92 Å². The predicted molar refractivity (Wildman–Crippen MR) is 56.7 cm³/mol. The maximum Gasteiger partial charge on any atom is 0.325 e. The van der Waals surface area contributed by atoms with Gasteiger partial charge in [-0.15, -0.1) is 0 Å². The first-order valence-electron chi connectivity index (χ1n) is 4.64. The summed E-state index contributed by atoms with van der Waals surface area (Å²) in [4.78, 5) is 29.4. The Kier molecular flexibility index (Phi) is 9.09. The van der Waals surface area contributed by atoms with Crippen molar-refractivity contribution < 1.29 is 24.6 Å². The van der Waals surface area contributed by atoms with Crippen molar-refractivity contribution in [1.82, 2.24) is 5.32 Å². The predicted octanol–water partition coefficient (Wildman–Crippen LogP) is -0.740. The molecule has 0 bridgehead atoms. The maximum absolute atomic E-state index is 10.0. The van der Waals surface area contributed by atoms with Gasteiger partial charge in [0, 0.05) is 0 Å². The van der Waals surface area contributed by atoms with E-state index in [1.54, 1.807) is 13.8 Å². The molecule has 0 aromatic heterocycles. The normalized spacial score (nSPS) is 13.1. The van der Waals surface area contributed by atoms with E-state index in [4.69, 9.17) is 15.9 Å².